The summed E-state index contributed by atoms with van der Waals surface area (Å²) in [4.78, 5) is 14.8. The van der Waals surface area contributed by atoms with Gasteiger partial charge in [0.05, 0.1) is 18.8 Å². The third-order valence-corrected chi connectivity index (χ3v) is 9.04. The third kappa shape index (κ3) is 5.45. The highest BCUT2D eigenvalue weighted by molar-refractivity contribution is 7.89. The summed E-state index contributed by atoms with van der Waals surface area (Å²) in [5.41, 5.74) is 1.71. The molecule has 0 radical (unpaired) electrons. The van der Waals surface area contributed by atoms with Crippen LogP contribution in [0, 0.1) is 5.92 Å². The Kier molecular flexibility index (Phi) is 8.07. The molecule has 0 spiro atoms. The molecular formula is C26H34N2O7S. The van der Waals surface area contributed by atoms with Crippen LogP contribution in [-0.2, 0) is 14.8 Å². The van der Waals surface area contributed by atoms with E-state index in [-0.39, 0.29) is 25.0 Å². The molecule has 10 heteroatoms. The van der Waals surface area contributed by atoms with E-state index in [0.717, 1.165) is 17.5 Å². The van der Waals surface area contributed by atoms with Gasteiger partial charge in [-0.1, -0.05) is 31.5 Å². The van der Waals surface area contributed by atoms with Crippen LogP contribution in [0.3, 0.4) is 0 Å². The van der Waals surface area contributed by atoms with Crippen LogP contribution >= 0.6 is 0 Å². The van der Waals surface area contributed by atoms with Crippen LogP contribution in [0.15, 0.2) is 42.5 Å². The molecule has 2 aromatic rings. The van der Waals surface area contributed by atoms with Crippen molar-refractivity contribution in [2.45, 2.75) is 31.7 Å². The Morgan fingerprint density at radius 1 is 1.14 bits per heavy atom. The number of unbranched alkanes of at least 4 members (excludes halogenated alkanes) is 1. The van der Waals surface area contributed by atoms with Gasteiger partial charge in [0.2, 0.25) is 16.8 Å². The van der Waals surface area contributed by atoms with Gasteiger partial charge in [-0.25, -0.2) is 12.7 Å². The van der Waals surface area contributed by atoms with Gasteiger partial charge in [-0.3, -0.25) is 9.69 Å². The maximum Gasteiger partial charge on any atom is 0.309 e. The second-order valence-corrected chi connectivity index (χ2v) is 11.5. The number of rotatable bonds is 11. The summed E-state index contributed by atoms with van der Waals surface area (Å²) in [5.74, 6) is 0.101. The number of methoxy groups -OCH3 is 1. The second kappa shape index (κ2) is 11.1. The predicted octanol–water partition coefficient (Wildman–Crippen LogP) is 3.33. The van der Waals surface area contributed by atoms with Crippen LogP contribution < -0.4 is 14.2 Å². The van der Waals surface area contributed by atoms with E-state index in [1.807, 2.05) is 49.4 Å². The maximum atomic E-state index is 12.7. The van der Waals surface area contributed by atoms with Crippen LogP contribution in [0.4, 0.5) is 0 Å². The van der Waals surface area contributed by atoms with Gasteiger partial charge in [-0.15, -0.1) is 0 Å². The molecule has 9 nitrogen and oxygen atoms in total. The second-order valence-electron chi connectivity index (χ2n) is 9.29. The highest BCUT2D eigenvalue weighted by atomic mass is 32.2. The molecule has 36 heavy (non-hydrogen) atoms. The van der Waals surface area contributed by atoms with Gasteiger partial charge >= 0.3 is 5.97 Å². The molecule has 196 valence electrons. The molecule has 3 unspecified atom stereocenters. The number of fused-ring (bicyclic) bond motifs is 1. The van der Waals surface area contributed by atoms with Gasteiger partial charge in [0.1, 0.15) is 5.75 Å². The molecule has 0 amide bonds. The summed E-state index contributed by atoms with van der Waals surface area (Å²) in [6.45, 7) is 3.26. The Bertz CT molecular complexity index is 1170. The number of nitrogens with zero attached hydrogens (tertiary/aromatic N) is 2. The molecular weight excluding hydrogens is 484 g/mol. The molecule has 2 aromatic carbocycles. The predicted molar refractivity (Wildman–Crippen MR) is 135 cm³/mol. The highest BCUT2D eigenvalue weighted by Crippen LogP contribution is 2.47. The maximum absolute atomic E-state index is 12.7. The van der Waals surface area contributed by atoms with Crippen molar-refractivity contribution >= 4 is 16.0 Å². The summed E-state index contributed by atoms with van der Waals surface area (Å²) in [6, 6.07) is 12.5. The fraction of sp³-hybridized carbons (Fsp3) is 0.500. The number of carbonyl (C=O) groups is 1. The first kappa shape index (κ1) is 26.2. The Morgan fingerprint density at radius 3 is 2.50 bits per heavy atom. The molecule has 4 rings (SSSR count). The first-order valence-corrected chi connectivity index (χ1v) is 13.8. The normalized spacial score (nSPS) is 21.7. The summed E-state index contributed by atoms with van der Waals surface area (Å²) < 4.78 is 42.9. The lowest BCUT2D eigenvalue weighted by Gasteiger charge is -2.29. The Labute approximate surface area is 212 Å². The minimum absolute atomic E-state index is 0.111. The molecule has 2 aliphatic heterocycles. The summed E-state index contributed by atoms with van der Waals surface area (Å²) in [5, 5.41) is 10.4. The van der Waals surface area contributed by atoms with Crippen molar-refractivity contribution in [1.82, 2.24) is 9.21 Å². The molecule has 2 heterocycles. The van der Waals surface area contributed by atoms with E-state index in [1.165, 1.54) is 4.31 Å². The standard InChI is InChI=1S/C26H34N2O7S/c1-4-5-14-36(31,32)27(2)12-13-28-16-21(19-8-11-22-23(15-19)35-17-34-22)24(26(29)30)25(28)18-6-9-20(33-3)10-7-18/h6-11,15,21,24-25H,4-5,12-14,16-17H2,1-3H3,(H,29,30). The van der Waals surface area contributed by atoms with Crippen molar-refractivity contribution in [3.05, 3.63) is 53.6 Å². The summed E-state index contributed by atoms with van der Waals surface area (Å²) in [6.07, 6.45) is 1.41. The molecule has 0 aromatic heterocycles. The smallest absolute Gasteiger partial charge is 0.309 e. The van der Waals surface area contributed by atoms with Gasteiger partial charge in [-0.2, -0.15) is 0 Å². The lowest BCUT2D eigenvalue weighted by Crippen LogP contribution is -2.38. The van der Waals surface area contributed by atoms with Crippen molar-refractivity contribution in [2.75, 3.05) is 46.3 Å². The number of ether oxygens (including phenoxy) is 3. The van der Waals surface area contributed by atoms with Gasteiger partial charge in [0.15, 0.2) is 11.5 Å². The Morgan fingerprint density at radius 2 is 1.83 bits per heavy atom. The summed E-state index contributed by atoms with van der Waals surface area (Å²) in [7, 11) is -0.189. The topological polar surface area (TPSA) is 106 Å². The lowest BCUT2D eigenvalue weighted by molar-refractivity contribution is -0.143. The number of aliphatic carboxylic acids is 1. The largest absolute Gasteiger partial charge is 0.497 e. The number of hydrogen-bond acceptors (Lipinski definition) is 7. The number of carboxylic acid groups (broad SMARTS) is 1. The van der Waals surface area contributed by atoms with Crippen LogP contribution in [0.25, 0.3) is 0 Å². The van der Waals surface area contributed by atoms with Crippen molar-refractivity contribution < 1.29 is 32.5 Å². The number of likely N-dealkylation sites (tertiary alicyclic amines) is 1. The SMILES string of the molecule is CCCCS(=O)(=O)N(C)CCN1CC(c2ccc3c(c2)OCO3)C(C(=O)O)C1c1ccc(OC)cc1. The van der Waals surface area contributed by atoms with E-state index in [9.17, 15) is 18.3 Å². The fourth-order valence-corrected chi connectivity index (χ4v) is 6.36. The van der Waals surface area contributed by atoms with E-state index < -0.39 is 28.0 Å². The van der Waals surface area contributed by atoms with E-state index in [0.29, 0.717) is 36.8 Å². The molecule has 0 bridgehead atoms. The number of benzene rings is 2. The quantitative estimate of drug-likeness (QED) is 0.483. The molecule has 1 saturated heterocycles. The van der Waals surface area contributed by atoms with Gasteiger partial charge < -0.3 is 19.3 Å². The first-order chi connectivity index (χ1) is 17.2. The molecule has 2 aliphatic rings. The van der Waals surface area contributed by atoms with Crippen molar-refractivity contribution in [3.63, 3.8) is 0 Å². The molecule has 1 N–H and O–H groups in total. The number of likely N-dealkylation sites (N-methyl/N-ethyl adjacent to an activating group) is 1. The average molecular weight is 519 g/mol. The van der Waals surface area contributed by atoms with Crippen LogP contribution in [0.2, 0.25) is 0 Å². The monoisotopic (exact) mass is 518 g/mol. The van der Waals surface area contributed by atoms with Crippen molar-refractivity contribution in [3.8, 4) is 17.2 Å². The molecule has 1 fully saturated rings. The van der Waals surface area contributed by atoms with Crippen molar-refractivity contribution in [1.29, 1.82) is 0 Å². The van der Waals surface area contributed by atoms with Gasteiger partial charge in [0, 0.05) is 38.6 Å². The zero-order chi connectivity index (χ0) is 25.9. The molecule has 0 saturated carbocycles. The van der Waals surface area contributed by atoms with Crippen LogP contribution in [0.5, 0.6) is 17.2 Å². The molecule has 0 aliphatic carbocycles. The first-order valence-electron chi connectivity index (χ1n) is 12.2. The fourth-order valence-electron chi connectivity index (χ4n) is 5.03. The molecule has 3 atom stereocenters. The third-order valence-electron chi connectivity index (χ3n) is 7.10. The van der Waals surface area contributed by atoms with E-state index in [2.05, 4.69) is 4.90 Å². The van der Waals surface area contributed by atoms with Gasteiger partial charge in [0.25, 0.3) is 0 Å². The minimum atomic E-state index is -3.36. The van der Waals surface area contributed by atoms with E-state index >= 15 is 0 Å². The summed E-state index contributed by atoms with van der Waals surface area (Å²) >= 11 is 0. The number of sulfonamides is 1. The average Bonchev–Trinajstić information content (AvgIpc) is 3.50. The minimum Gasteiger partial charge on any atom is -0.497 e. The number of carboxylic acids is 1. The number of hydrogen-bond donors (Lipinski definition) is 1. The van der Waals surface area contributed by atoms with E-state index in [1.54, 1.807) is 14.2 Å². The van der Waals surface area contributed by atoms with Gasteiger partial charge in [-0.05, 0) is 41.8 Å². The Hall–Kier alpha value is -2.82. The van der Waals surface area contributed by atoms with Crippen LogP contribution in [-0.4, -0.2) is 75.0 Å². The van der Waals surface area contributed by atoms with Crippen LogP contribution in [0.1, 0.15) is 42.9 Å². The van der Waals surface area contributed by atoms with E-state index in [4.69, 9.17) is 14.2 Å². The van der Waals surface area contributed by atoms with Crippen molar-refractivity contribution in [2.24, 2.45) is 5.92 Å². The highest BCUT2D eigenvalue weighted by Gasteiger charge is 2.47. The zero-order valence-electron chi connectivity index (χ0n) is 20.9. The lowest BCUT2D eigenvalue weighted by atomic mass is 9.82. The Balaban J connectivity index is 1.64. The zero-order valence-corrected chi connectivity index (χ0v) is 21.7.